The fourth-order valence-electron chi connectivity index (χ4n) is 4.62. The van der Waals surface area contributed by atoms with Gasteiger partial charge in [-0.05, 0) is 61.1 Å². The van der Waals surface area contributed by atoms with E-state index in [0.29, 0.717) is 6.04 Å². The number of aryl methyl sites for hydroxylation is 2. The summed E-state index contributed by atoms with van der Waals surface area (Å²) in [4.78, 5) is 0. The van der Waals surface area contributed by atoms with Crippen LogP contribution in [0.15, 0.2) is 48.5 Å². The Kier molecular flexibility index (Phi) is 7.42. The van der Waals surface area contributed by atoms with Crippen molar-refractivity contribution in [2.45, 2.75) is 44.6 Å². The zero-order valence-electron chi connectivity index (χ0n) is 17.2. The maximum absolute atomic E-state index is 8.95. The first-order valence-corrected chi connectivity index (χ1v) is 10.7. The summed E-state index contributed by atoms with van der Waals surface area (Å²) in [7, 11) is 0. The van der Waals surface area contributed by atoms with Crippen molar-refractivity contribution >= 4 is 0 Å². The van der Waals surface area contributed by atoms with E-state index in [2.05, 4.69) is 36.4 Å². The normalized spacial score (nSPS) is 18.0. The van der Waals surface area contributed by atoms with E-state index in [0.717, 1.165) is 54.3 Å². The summed E-state index contributed by atoms with van der Waals surface area (Å²) >= 11 is 0. The highest BCUT2D eigenvalue weighted by Crippen LogP contribution is 2.22. The van der Waals surface area contributed by atoms with E-state index >= 15 is 0 Å². The van der Waals surface area contributed by atoms with Crippen molar-refractivity contribution in [1.82, 2.24) is 0 Å². The lowest BCUT2D eigenvalue weighted by atomic mass is 9.99. The largest absolute Gasteiger partial charge is 0.323 e. The van der Waals surface area contributed by atoms with Gasteiger partial charge in [-0.15, -0.1) is 0 Å². The predicted octanol–water partition coefficient (Wildman–Crippen LogP) is 3.93. The summed E-state index contributed by atoms with van der Waals surface area (Å²) in [6.45, 7) is 4.65. The molecule has 0 aliphatic carbocycles. The molecule has 2 aromatic carbocycles. The number of nitrogens with two attached hydrogens (primary N) is 1. The Balaban J connectivity index is 1.54. The van der Waals surface area contributed by atoms with E-state index in [1.165, 1.54) is 37.2 Å². The summed E-state index contributed by atoms with van der Waals surface area (Å²) < 4.78 is 1.13. The zero-order valence-corrected chi connectivity index (χ0v) is 17.2. The van der Waals surface area contributed by atoms with Gasteiger partial charge in [-0.2, -0.15) is 10.5 Å². The molecule has 0 unspecified atom stereocenters. The van der Waals surface area contributed by atoms with Gasteiger partial charge in [0.25, 0.3) is 0 Å². The van der Waals surface area contributed by atoms with E-state index in [4.69, 9.17) is 16.3 Å². The second kappa shape index (κ2) is 10.2. The quantitative estimate of drug-likeness (QED) is 0.697. The lowest BCUT2D eigenvalue weighted by molar-refractivity contribution is -0.933. The maximum atomic E-state index is 8.95. The van der Waals surface area contributed by atoms with E-state index in [-0.39, 0.29) is 0 Å². The molecular weight excluding hydrogens is 356 g/mol. The van der Waals surface area contributed by atoms with Crippen LogP contribution in [-0.4, -0.2) is 36.7 Å². The van der Waals surface area contributed by atoms with Gasteiger partial charge < -0.3 is 10.2 Å². The summed E-state index contributed by atoms with van der Waals surface area (Å²) in [5, 5.41) is 17.9. The third-order valence-electron chi connectivity index (χ3n) is 6.19. The van der Waals surface area contributed by atoms with Crippen LogP contribution in [0, 0.1) is 22.7 Å². The van der Waals surface area contributed by atoms with Crippen LogP contribution in [0.25, 0.3) is 0 Å². The number of nitriles is 2. The van der Waals surface area contributed by atoms with Gasteiger partial charge in [0.05, 0.1) is 55.5 Å². The van der Waals surface area contributed by atoms with E-state index in [1.807, 2.05) is 24.3 Å². The molecule has 1 saturated heterocycles. The van der Waals surface area contributed by atoms with Gasteiger partial charge in [0.1, 0.15) is 0 Å². The first kappa shape index (κ1) is 21.1. The molecule has 1 atom stereocenters. The number of hydrogen-bond acceptors (Lipinski definition) is 3. The number of quaternary nitrogens is 1. The van der Waals surface area contributed by atoms with Gasteiger partial charge in [-0.1, -0.05) is 24.3 Å². The molecule has 0 aromatic heterocycles. The molecule has 1 fully saturated rings. The minimum Gasteiger partial charge on any atom is -0.323 e. The molecule has 1 aliphatic heterocycles. The minimum absolute atomic E-state index is 0.313. The van der Waals surface area contributed by atoms with Crippen LogP contribution in [0.3, 0.4) is 0 Å². The standard InChI is InChI=1S/C25H31N4/c26-18-23-11-7-21(8-12-23)4-1-15-29(17-3-6-25(28)20-29)16-2-5-22-9-13-24(19-27)14-10-22/h7-14,25H,1-6,15-17,20,28H2/q+1/t25-/m0/s1. The predicted molar refractivity (Wildman–Crippen MR) is 116 cm³/mol. The van der Waals surface area contributed by atoms with Gasteiger partial charge in [0.15, 0.2) is 0 Å². The van der Waals surface area contributed by atoms with Gasteiger partial charge in [-0.25, -0.2) is 0 Å². The number of piperidine rings is 1. The fourth-order valence-corrected chi connectivity index (χ4v) is 4.62. The van der Waals surface area contributed by atoms with Crippen LogP contribution in [0.1, 0.15) is 47.9 Å². The molecule has 4 heteroatoms. The number of likely N-dealkylation sites (tertiary alicyclic amines) is 1. The van der Waals surface area contributed by atoms with Gasteiger partial charge in [-0.3, -0.25) is 0 Å². The monoisotopic (exact) mass is 387 g/mol. The van der Waals surface area contributed by atoms with Crippen LogP contribution < -0.4 is 5.73 Å². The van der Waals surface area contributed by atoms with Crippen molar-refractivity contribution in [3.63, 3.8) is 0 Å². The molecule has 0 saturated carbocycles. The third-order valence-corrected chi connectivity index (χ3v) is 6.19. The molecule has 0 spiro atoms. The Morgan fingerprint density at radius 3 is 1.72 bits per heavy atom. The van der Waals surface area contributed by atoms with Crippen LogP contribution in [0.2, 0.25) is 0 Å². The van der Waals surface area contributed by atoms with Crippen molar-refractivity contribution in [2.24, 2.45) is 5.73 Å². The number of benzene rings is 2. The number of nitrogens with zero attached hydrogens (tertiary/aromatic N) is 3. The molecule has 0 bridgehead atoms. The second-order valence-corrected chi connectivity index (χ2v) is 8.42. The SMILES string of the molecule is N#Cc1ccc(CCC[N+]2(CCCc3ccc(C#N)cc3)CCC[C@H](N)C2)cc1. The average molecular weight is 388 g/mol. The second-order valence-electron chi connectivity index (χ2n) is 8.42. The molecule has 3 rings (SSSR count). The first-order chi connectivity index (χ1) is 14.1. The first-order valence-electron chi connectivity index (χ1n) is 10.7. The lowest BCUT2D eigenvalue weighted by Crippen LogP contribution is -2.58. The maximum Gasteiger partial charge on any atom is 0.0991 e. The number of hydrogen-bond donors (Lipinski definition) is 1. The molecule has 29 heavy (non-hydrogen) atoms. The zero-order chi connectivity index (χ0) is 20.5. The summed E-state index contributed by atoms with van der Waals surface area (Å²) in [6, 6.07) is 20.6. The smallest absolute Gasteiger partial charge is 0.0991 e. The Hall–Kier alpha value is -2.66. The topological polar surface area (TPSA) is 73.6 Å². The van der Waals surface area contributed by atoms with Crippen molar-refractivity contribution in [2.75, 3.05) is 26.2 Å². The molecule has 2 N–H and O–H groups in total. The molecule has 2 aromatic rings. The molecule has 4 nitrogen and oxygen atoms in total. The highest BCUT2D eigenvalue weighted by Gasteiger charge is 2.32. The van der Waals surface area contributed by atoms with Crippen molar-refractivity contribution in [3.05, 3.63) is 70.8 Å². The molecule has 0 amide bonds. The molecule has 150 valence electrons. The van der Waals surface area contributed by atoms with Crippen LogP contribution in [-0.2, 0) is 12.8 Å². The van der Waals surface area contributed by atoms with Crippen molar-refractivity contribution in [1.29, 1.82) is 10.5 Å². The van der Waals surface area contributed by atoms with Crippen molar-refractivity contribution in [3.8, 4) is 12.1 Å². The van der Waals surface area contributed by atoms with E-state index in [1.54, 1.807) is 0 Å². The van der Waals surface area contributed by atoms with Gasteiger partial charge in [0.2, 0.25) is 0 Å². The Labute approximate surface area is 174 Å². The van der Waals surface area contributed by atoms with Crippen LogP contribution in [0.4, 0.5) is 0 Å². The van der Waals surface area contributed by atoms with Gasteiger partial charge in [0, 0.05) is 12.8 Å². The Morgan fingerprint density at radius 1 is 0.828 bits per heavy atom. The van der Waals surface area contributed by atoms with Gasteiger partial charge >= 0.3 is 0 Å². The van der Waals surface area contributed by atoms with E-state index < -0.39 is 0 Å². The lowest BCUT2D eigenvalue weighted by Gasteiger charge is -2.44. The van der Waals surface area contributed by atoms with Crippen molar-refractivity contribution < 1.29 is 4.48 Å². The summed E-state index contributed by atoms with van der Waals surface area (Å²) in [5.41, 5.74) is 10.4. The van der Waals surface area contributed by atoms with Crippen LogP contribution in [0.5, 0.6) is 0 Å². The summed E-state index contributed by atoms with van der Waals surface area (Å²) in [5.74, 6) is 0. The Bertz CT molecular complexity index is 792. The average Bonchev–Trinajstić information content (AvgIpc) is 2.75. The fraction of sp³-hybridized carbons (Fsp3) is 0.440. The van der Waals surface area contributed by atoms with Crippen LogP contribution >= 0.6 is 0 Å². The third kappa shape index (κ3) is 6.16. The molecular formula is C25H31N4+. The molecule has 1 heterocycles. The molecule has 0 radical (unpaired) electrons. The highest BCUT2D eigenvalue weighted by molar-refractivity contribution is 5.32. The number of rotatable bonds is 8. The Morgan fingerprint density at radius 2 is 1.31 bits per heavy atom. The summed E-state index contributed by atoms with van der Waals surface area (Å²) in [6.07, 6.45) is 6.76. The minimum atomic E-state index is 0.313. The highest BCUT2D eigenvalue weighted by atomic mass is 15.4. The van der Waals surface area contributed by atoms with E-state index in [9.17, 15) is 0 Å². The molecule has 1 aliphatic rings.